The minimum Gasteiger partial charge on any atom is -0.494 e. The number of hydrogen-bond acceptors (Lipinski definition) is 6. The molecule has 3 aromatic carbocycles. The Hall–Kier alpha value is -3.10. The van der Waals surface area contributed by atoms with Gasteiger partial charge < -0.3 is 14.6 Å². The third kappa shape index (κ3) is 6.48. The SMILES string of the molecule is CCCNNC(=O)[C@@]1(Cc2ccccc2)N=C(c2ccc(OCCCO)cc2)O[C@H]1c1ccc(Cl)cc1Cl. The first-order valence-corrected chi connectivity index (χ1v) is 13.3. The van der Waals surface area contributed by atoms with Crippen LogP contribution in [0.1, 0.15) is 42.6 Å². The smallest absolute Gasteiger partial charge is 0.266 e. The van der Waals surface area contributed by atoms with Gasteiger partial charge in [0, 0.05) is 47.2 Å². The van der Waals surface area contributed by atoms with Gasteiger partial charge in [0.25, 0.3) is 5.91 Å². The van der Waals surface area contributed by atoms with Crippen molar-refractivity contribution in [2.45, 2.75) is 37.8 Å². The van der Waals surface area contributed by atoms with Crippen molar-refractivity contribution >= 4 is 35.0 Å². The highest BCUT2D eigenvalue weighted by Gasteiger charge is 2.54. The molecular weight excluding hydrogens is 525 g/mol. The van der Waals surface area contributed by atoms with Crippen molar-refractivity contribution in [3.63, 3.8) is 0 Å². The lowest BCUT2D eigenvalue weighted by atomic mass is 9.82. The van der Waals surface area contributed by atoms with Crippen LogP contribution in [0.25, 0.3) is 0 Å². The van der Waals surface area contributed by atoms with E-state index in [9.17, 15) is 4.79 Å². The Balaban J connectivity index is 1.77. The second-order valence-electron chi connectivity index (χ2n) is 9.00. The van der Waals surface area contributed by atoms with Crippen molar-refractivity contribution in [2.24, 2.45) is 4.99 Å². The highest BCUT2D eigenvalue weighted by molar-refractivity contribution is 6.35. The van der Waals surface area contributed by atoms with Crippen LogP contribution in [0.15, 0.2) is 77.8 Å². The lowest BCUT2D eigenvalue weighted by Gasteiger charge is -2.31. The third-order valence-corrected chi connectivity index (χ3v) is 6.73. The van der Waals surface area contributed by atoms with Gasteiger partial charge in [-0.25, -0.2) is 10.4 Å². The van der Waals surface area contributed by atoms with E-state index in [1.54, 1.807) is 18.2 Å². The molecule has 1 heterocycles. The molecule has 0 saturated carbocycles. The maximum Gasteiger partial charge on any atom is 0.266 e. The number of hydrazine groups is 1. The molecule has 1 aliphatic rings. The van der Waals surface area contributed by atoms with Crippen molar-refractivity contribution in [3.8, 4) is 5.75 Å². The van der Waals surface area contributed by atoms with Crippen molar-refractivity contribution in [1.29, 1.82) is 0 Å². The standard InChI is InChI=1S/C29H31Cl2N3O4/c1-2-15-32-34-28(36)29(19-20-7-4-3-5-8-20)26(24-14-11-22(30)18-25(24)31)38-27(33-29)21-9-12-23(13-10-21)37-17-6-16-35/h3-5,7-14,18,26,32,35H,2,6,15-17,19H2,1H3,(H,34,36)/t26-,29-/m0/s1. The van der Waals surface area contributed by atoms with Gasteiger partial charge in [-0.3, -0.25) is 10.2 Å². The number of benzene rings is 3. The molecule has 4 rings (SSSR count). The number of carbonyl (C=O) groups excluding carboxylic acids is 1. The van der Waals surface area contributed by atoms with E-state index in [2.05, 4.69) is 10.9 Å². The van der Waals surface area contributed by atoms with Crippen LogP contribution in [0.3, 0.4) is 0 Å². The predicted molar refractivity (Wildman–Crippen MR) is 150 cm³/mol. The zero-order chi connectivity index (χ0) is 27.0. The molecule has 0 aliphatic carbocycles. The maximum atomic E-state index is 13.9. The van der Waals surface area contributed by atoms with Crippen molar-refractivity contribution < 1.29 is 19.4 Å². The number of aliphatic hydroxyl groups is 1. The molecular formula is C29H31Cl2N3O4. The molecule has 3 N–H and O–H groups in total. The summed E-state index contributed by atoms with van der Waals surface area (Å²) in [4.78, 5) is 18.9. The number of rotatable bonds is 12. The average molecular weight is 556 g/mol. The number of amides is 1. The molecule has 0 aromatic heterocycles. The summed E-state index contributed by atoms with van der Waals surface area (Å²) < 4.78 is 12.1. The molecule has 0 fully saturated rings. The van der Waals surface area contributed by atoms with Crippen molar-refractivity contribution in [1.82, 2.24) is 10.9 Å². The largest absolute Gasteiger partial charge is 0.494 e. The fourth-order valence-corrected chi connectivity index (χ4v) is 4.76. The Morgan fingerprint density at radius 3 is 2.55 bits per heavy atom. The van der Waals surface area contributed by atoms with E-state index in [0.29, 0.717) is 52.4 Å². The van der Waals surface area contributed by atoms with E-state index >= 15 is 0 Å². The van der Waals surface area contributed by atoms with Gasteiger partial charge in [0.05, 0.1) is 6.61 Å². The number of ether oxygens (including phenoxy) is 2. The first-order valence-electron chi connectivity index (χ1n) is 12.6. The summed E-state index contributed by atoms with van der Waals surface area (Å²) >= 11 is 12.8. The predicted octanol–water partition coefficient (Wildman–Crippen LogP) is 5.29. The molecule has 0 spiro atoms. The van der Waals surface area contributed by atoms with Gasteiger partial charge in [-0.2, -0.15) is 0 Å². The Labute approximate surface area is 232 Å². The second-order valence-corrected chi connectivity index (χ2v) is 9.84. The summed E-state index contributed by atoms with van der Waals surface area (Å²) in [5, 5.41) is 9.86. The summed E-state index contributed by atoms with van der Waals surface area (Å²) in [6.07, 6.45) is 0.856. The van der Waals surface area contributed by atoms with E-state index in [1.165, 1.54) is 0 Å². The molecule has 1 aliphatic heterocycles. The fourth-order valence-electron chi connectivity index (χ4n) is 4.26. The molecule has 3 aromatic rings. The van der Waals surface area contributed by atoms with Gasteiger partial charge in [0.15, 0.2) is 11.6 Å². The topological polar surface area (TPSA) is 92.2 Å². The Morgan fingerprint density at radius 2 is 1.87 bits per heavy atom. The number of halogens is 2. The van der Waals surface area contributed by atoms with E-state index < -0.39 is 11.6 Å². The van der Waals surface area contributed by atoms with Crippen LogP contribution in [0.2, 0.25) is 10.0 Å². The molecule has 2 atom stereocenters. The molecule has 0 bridgehead atoms. The summed E-state index contributed by atoms with van der Waals surface area (Å²) in [5.74, 6) is 0.657. The Bertz CT molecular complexity index is 1250. The second kappa shape index (κ2) is 13.1. The lowest BCUT2D eigenvalue weighted by molar-refractivity contribution is -0.130. The van der Waals surface area contributed by atoms with Crippen LogP contribution in [-0.2, 0) is 16.0 Å². The first-order chi connectivity index (χ1) is 18.5. The number of aliphatic hydroxyl groups excluding tert-OH is 1. The maximum absolute atomic E-state index is 13.9. The molecule has 0 saturated heterocycles. The number of hydrogen-bond donors (Lipinski definition) is 3. The Kier molecular flexibility index (Phi) is 9.63. The van der Waals surface area contributed by atoms with Gasteiger partial charge >= 0.3 is 0 Å². The molecule has 1 amide bonds. The Morgan fingerprint density at radius 1 is 1.11 bits per heavy atom. The highest BCUT2D eigenvalue weighted by atomic mass is 35.5. The average Bonchev–Trinajstić information content (AvgIpc) is 3.30. The van der Waals surface area contributed by atoms with Crippen LogP contribution in [0.4, 0.5) is 0 Å². The number of aliphatic imine (C=N–C) groups is 1. The van der Waals surface area contributed by atoms with Crippen LogP contribution >= 0.6 is 23.2 Å². The zero-order valence-electron chi connectivity index (χ0n) is 21.1. The molecule has 200 valence electrons. The van der Waals surface area contributed by atoms with Gasteiger partial charge in [0.1, 0.15) is 5.75 Å². The van der Waals surface area contributed by atoms with Crippen LogP contribution in [0.5, 0.6) is 5.75 Å². The van der Waals surface area contributed by atoms with E-state index in [0.717, 1.165) is 12.0 Å². The molecule has 7 nitrogen and oxygen atoms in total. The number of carbonyl (C=O) groups is 1. The fraction of sp³-hybridized carbons (Fsp3) is 0.310. The molecule has 0 radical (unpaired) electrons. The van der Waals surface area contributed by atoms with Crippen molar-refractivity contribution in [3.05, 3.63) is 99.5 Å². The van der Waals surface area contributed by atoms with E-state index in [4.69, 9.17) is 42.8 Å². The van der Waals surface area contributed by atoms with E-state index in [-0.39, 0.29) is 18.9 Å². The minimum atomic E-state index is -1.36. The van der Waals surface area contributed by atoms with Gasteiger partial charge in [0.2, 0.25) is 5.90 Å². The summed E-state index contributed by atoms with van der Waals surface area (Å²) in [7, 11) is 0. The minimum absolute atomic E-state index is 0.0655. The highest BCUT2D eigenvalue weighted by Crippen LogP contribution is 2.45. The van der Waals surface area contributed by atoms with Crippen LogP contribution in [-0.4, -0.2) is 42.2 Å². The summed E-state index contributed by atoms with van der Waals surface area (Å²) in [6, 6.07) is 22.1. The first kappa shape index (κ1) is 27.9. The van der Waals surface area contributed by atoms with Gasteiger partial charge in [-0.1, -0.05) is 66.5 Å². The number of nitrogens with zero attached hydrogens (tertiary/aromatic N) is 1. The summed E-state index contributed by atoms with van der Waals surface area (Å²) in [5.41, 5.74) is 6.71. The monoisotopic (exact) mass is 555 g/mol. The third-order valence-electron chi connectivity index (χ3n) is 6.17. The number of nitrogens with one attached hydrogen (secondary N) is 2. The lowest BCUT2D eigenvalue weighted by Crippen LogP contribution is -2.54. The van der Waals surface area contributed by atoms with Gasteiger partial charge in [-0.15, -0.1) is 0 Å². The summed E-state index contributed by atoms with van der Waals surface area (Å²) in [6.45, 7) is 3.10. The van der Waals surface area contributed by atoms with E-state index in [1.807, 2.05) is 61.5 Å². The normalized spacial score (nSPS) is 18.5. The van der Waals surface area contributed by atoms with Gasteiger partial charge in [-0.05, 0) is 48.4 Å². The van der Waals surface area contributed by atoms with Crippen LogP contribution < -0.4 is 15.6 Å². The zero-order valence-corrected chi connectivity index (χ0v) is 22.6. The molecule has 38 heavy (non-hydrogen) atoms. The van der Waals surface area contributed by atoms with Crippen molar-refractivity contribution in [2.75, 3.05) is 19.8 Å². The quantitative estimate of drug-likeness (QED) is 0.209. The molecule has 9 heteroatoms. The molecule has 0 unspecified atom stereocenters. The van der Waals surface area contributed by atoms with Crippen LogP contribution in [0, 0.1) is 0 Å².